The SMILES string of the molecule is C=CCCCCC(=O)N[C@@H](Cc1cc(F)cc(F)c1)C(=O)N[C@H]1COC(=O)[C@@H]2CCCN2C(=O)[C@H](C)NC(=O)[C@H](C)N(C)C(=O)[C@@H]2CCCN2C1=O. The predicted molar refractivity (Wildman–Crippen MR) is 183 cm³/mol. The minimum absolute atomic E-state index is 0.0475. The van der Waals surface area contributed by atoms with Crippen molar-refractivity contribution in [2.24, 2.45) is 0 Å². The average Bonchev–Trinajstić information content (AvgIpc) is 3.80. The molecule has 52 heavy (non-hydrogen) atoms. The molecule has 3 aliphatic heterocycles. The lowest BCUT2D eigenvalue weighted by atomic mass is 10.0. The summed E-state index contributed by atoms with van der Waals surface area (Å²) >= 11 is 0. The van der Waals surface area contributed by atoms with Crippen LogP contribution in [0.2, 0.25) is 0 Å². The van der Waals surface area contributed by atoms with Gasteiger partial charge in [0.1, 0.15) is 54.5 Å². The molecular weight excluding hydrogens is 682 g/mol. The van der Waals surface area contributed by atoms with Crippen LogP contribution in [0, 0.1) is 11.6 Å². The molecule has 14 nitrogen and oxygen atoms in total. The number of unbranched alkanes of at least 4 members (excludes halogenated alkanes) is 2. The van der Waals surface area contributed by atoms with Crippen LogP contribution >= 0.6 is 0 Å². The van der Waals surface area contributed by atoms with E-state index in [1.165, 1.54) is 35.6 Å². The van der Waals surface area contributed by atoms with Crippen molar-refractivity contribution in [3.05, 3.63) is 48.1 Å². The number of cyclic esters (lactones) is 1. The van der Waals surface area contributed by atoms with Gasteiger partial charge in [0.05, 0.1) is 0 Å². The van der Waals surface area contributed by atoms with Crippen LogP contribution < -0.4 is 16.0 Å². The van der Waals surface area contributed by atoms with Crippen molar-refractivity contribution in [2.75, 3.05) is 26.7 Å². The highest BCUT2D eigenvalue weighted by Gasteiger charge is 2.43. The maximum absolute atomic E-state index is 14.2. The Morgan fingerprint density at radius 1 is 0.962 bits per heavy atom. The zero-order chi connectivity index (χ0) is 38.1. The Kier molecular flexibility index (Phi) is 13.8. The third kappa shape index (κ3) is 9.91. The number of nitrogens with one attached hydrogen (secondary N) is 3. The Morgan fingerprint density at radius 3 is 2.25 bits per heavy atom. The van der Waals surface area contributed by atoms with E-state index in [4.69, 9.17) is 4.74 Å². The van der Waals surface area contributed by atoms with E-state index in [0.717, 1.165) is 12.1 Å². The van der Waals surface area contributed by atoms with Crippen molar-refractivity contribution in [2.45, 2.75) is 108 Å². The molecule has 4 rings (SSSR count). The van der Waals surface area contributed by atoms with Gasteiger partial charge in [0, 0.05) is 39.0 Å². The molecule has 1 aromatic rings. The smallest absolute Gasteiger partial charge is 0.328 e. The van der Waals surface area contributed by atoms with E-state index in [-0.39, 0.29) is 44.3 Å². The van der Waals surface area contributed by atoms with Gasteiger partial charge in [0.2, 0.25) is 35.4 Å². The van der Waals surface area contributed by atoms with E-state index in [1.807, 2.05) is 0 Å². The van der Waals surface area contributed by atoms with Crippen LogP contribution in [0.3, 0.4) is 0 Å². The van der Waals surface area contributed by atoms with Crippen molar-refractivity contribution in [3.8, 4) is 0 Å². The van der Waals surface area contributed by atoms with Crippen molar-refractivity contribution in [3.63, 3.8) is 0 Å². The standard InChI is InChI=1S/C36H48F2N6O8/c1-5-6-7-8-13-30(45)40-26(18-23-16-24(37)19-25(38)17-23)32(47)41-27-20-52-36(51)29-12-10-15-44(29)33(48)21(2)39-31(46)22(3)42(4)35(50)28-11-9-14-43(28)34(27)49/h5,16-17,19,21-22,26-29H,1,6-15,18,20H2,2-4H3,(H,39,46)(H,40,45)(H,41,47)/t21-,22-,26-,27-,28-,29-/m0/s1. The fraction of sp³-hybridized carbons (Fsp3) is 0.583. The van der Waals surface area contributed by atoms with Gasteiger partial charge in [-0.05, 0) is 76.5 Å². The zero-order valence-corrected chi connectivity index (χ0v) is 29.8. The number of fused-ring (bicyclic) bond motifs is 2. The number of allylic oxidation sites excluding steroid dienone is 1. The Labute approximate surface area is 301 Å². The average molecular weight is 731 g/mol. The maximum Gasteiger partial charge on any atom is 0.328 e. The molecular formula is C36H48F2N6O8. The number of hydrogen-bond donors (Lipinski definition) is 3. The first kappa shape index (κ1) is 39.9. The summed E-state index contributed by atoms with van der Waals surface area (Å²) in [5.41, 5.74) is 0.0620. The second-order valence-electron chi connectivity index (χ2n) is 13.6. The molecule has 3 aliphatic rings. The number of esters is 1. The van der Waals surface area contributed by atoms with E-state index in [0.29, 0.717) is 38.2 Å². The molecule has 16 heteroatoms. The minimum atomic E-state index is -1.55. The number of amides is 6. The number of halogens is 2. The molecule has 0 spiro atoms. The number of carbonyl (C=O) groups is 7. The van der Waals surface area contributed by atoms with Crippen molar-refractivity contribution < 1.29 is 47.1 Å². The third-order valence-corrected chi connectivity index (χ3v) is 9.75. The second-order valence-corrected chi connectivity index (χ2v) is 13.6. The first-order valence-electron chi connectivity index (χ1n) is 17.7. The summed E-state index contributed by atoms with van der Waals surface area (Å²) < 4.78 is 33.8. The van der Waals surface area contributed by atoms with Gasteiger partial charge in [-0.1, -0.05) is 6.08 Å². The van der Waals surface area contributed by atoms with E-state index in [2.05, 4.69) is 22.5 Å². The monoisotopic (exact) mass is 730 g/mol. The first-order chi connectivity index (χ1) is 24.7. The van der Waals surface area contributed by atoms with Crippen molar-refractivity contribution in [1.82, 2.24) is 30.7 Å². The lowest BCUT2D eigenvalue weighted by molar-refractivity contribution is -0.158. The molecule has 0 saturated carbocycles. The molecule has 3 saturated heterocycles. The Balaban J connectivity index is 1.65. The topological polar surface area (TPSA) is 175 Å². The molecule has 3 fully saturated rings. The number of likely N-dealkylation sites (N-methyl/N-ethyl adjacent to an activating group) is 1. The zero-order valence-electron chi connectivity index (χ0n) is 29.8. The summed E-state index contributed by atoms with van der Waals surface area (Å²) in [5.74, 6) is -6.45. The Hall–Kier alpha value is -4.89. The minimum Gasteiger partial charge on any atom is -0.461 e. The molecule has 6 amide bonds. The molecule has 0 aromatic heterocycles. The first-order valence-corrected chi connectivity index (χ1v) is 17.7. The summed E-state index contributed by atoms with van der Waals surface area (Å²) in [7, 11) is 1.42. The normalized spacial score (nSPS) is 25.2. The highest BCUT2D eigenvalue weighted by atomic mass is 19.1. The third-order valence-electron chi connectivity index (χ3n) is 9.75. The number of benzene rings is 1. The van der Waals surface area contributed by atoms with E-state index >= 15 is 0 Å². The molecule has 6 atom stereocenters. The number of carbonyl (C=O) groups excluding carboxylic acids is 7. The van der Waals surface area contributed by atoms with Crippen LogP contribution in [0.4, 0.5) is 8.78 Å². The molecule has 1 aromatic carbocycles. The summed E-state index contributed by atoms with van der Waals surface area (Å²) in [6.07, 6.45) is 4.67. The summed E-state index contributed by atoms with van der Waals surface area (Å²) in [5, 5.41) is 7.78. The van der Waals surface area contributed by atoms with Gasteiger partial charge < -0.3 is 35.4 Å². The highest BCUT2D eigenvalue weighted by Crippen LogP contribution is 2.23. The fourth-order valence-electron chi connectivity index (χ4n) is 6.73. The number of nitrogens with zero attached hydrogens (tertiary/aromatic N) is 3. The lowest BCUT2D eigenvalue weighted by Crippen LogP contribution is -2.60. The van der Waals surface area contributed by atoms with Gasteiger partial charge >= 0.3 is 5.97 Å². The molecule has 0 radical (unpaired) electrons. The van der Waals surface area contributed by atoms with Crippen LogP contribution in [-0.2, 0) is 44.7 Å². The summed E-state index contributed by atoms with van der Waals surface area (Å²) in [4.78, 5) is 98.4. The van der Waals surface area contributed by atoms with Gasteiger partial charge in [-0.2, -0.15) is 0 Å². The van der Waals surface area contributed by atoms with Crippen LogP contribution in [0.5, 0.6) is 0 Å². The molecule has 3 heterocycles. The lowest BCUT2D eigenvalue weighted by Gasteiger charge is -2.34. The molecule has 0 aliphatic carbocycles. The molecule has 0 unspecified atom stereocenters. The van der Waals surface area contributed by atoms with Gasteiger partial charge in [-0.15, -0.1) is 6.58 Å². The fourth-order valence-corrected chi connectivity index (χ4v) is 6.73. The van der Waals surface area contributed by atoms with Gasteiger partial charge in [0.25, 0.3) is 0 Å². The number of hydrogen-bond acceptors (Lipinski definition) is 8. The van der Waals surface area contributed by atoms with Crippen LogP contribution in [0.25, 0.3) is 0 Å². The largest absolute Gasteiger partial charge is 0.461 e. The van der Waals surface area contributed by atoms with Gasteiger partial charge in [-0.3, -0.25) is 28.8 Å². The van der Waals surface area contributed by atoms with Crippen LogP contribution in [0.1, 0.15) is 70.8 Å². The van der Waals surface area contributed by atoms with E-state index in [1.54, 1.807) is 6.08 Å². The predicted octanol–water partition coefficient (Wildman–Crippen LogP) is 1.11. The van der Waals surface area contributed by atoms with Gasteiger partial charge in [-0.25, -0.2) is 13.6 Å². The Morgan fingerprint density at radius 2 is 1.60 bits per heavy atom. The van der Waals surface area contributed by atoms with Crippen molar-refractivity contribution >= 4 is 41.4 Å². The quantitative estimate of drug-likeness (QED) is 0.183. The molecule has 3 N–H and O–H groups in total. The summed E-state index contributed by atoms with van der Waals surface area (Å²) in [6.45, 7) is 6.30. The van der Waals surface area contributed by atoms with E-state index in [9.17, 15) is 42.3 Å². The van der Waals surface area contributed by atoms with Gasteiger partial charge in [0.15, 0.2) is 0 Å². The number of ether oxygens (including phenoxy) is 1. The molecule has 0 bridgehead atoms. The summed E-state index contributed by atoms with van der Waals surface area (Å²) in [6, 6.07) is -4.30. The Bertz CT molecular complexity index is 1540. The van der Waals surface area contributed by atoms with E-state index < -0.39 is 95.9 Å². The van der Waals surface area contributed by atoms with Crippen molar-refractivity contribution in [1.29, 1.82) is 0 Å². The highest BCUT2D eigenvalue weighted by molar-refractivity contribution is 5.97. The van der Waals surface area contributed by atoms with Crippen LogP contribution in [0.15, 0.2) is 30.9 Å². The second kappa shape index (κ2) is 18.0. The number of rotatable bonds is 10. The van der Waals surface area contributed by atoms with Crippen LogP contribution in [-0.4, -0.2) is 119 Å². The molecule has 284 valence electrons. The maximum atomic E-state index is 14.2.